The van der Waals surface area contributed by atoms with Crippen molar-refractivity contribution in [1.29, 1.82) is 0 Å². The van der Waals surface area contributed by atoms with Gasteiger partial charge in [0.05, 0.1) is 5.56 Å². The maximum absolute atomic E-state index is 10.7. The van der Waals surface area contributed by atoms with E-state index in [0.717, 1.165) is 0 Å². The molecule has 0 aliphatic carbocycles. The van der Waals surface area contributed by atoms with Crippen LogP contribution in [-0.2, 0) is 0 Å². The minimum atomic E-state index is -0.980. The van der Waals surface area contributed by atoms with Gasteiger partial charge in [-0.25, -0.2) is 4.79 Å². The Labute approximate surface area is 76.4 Å². The molecule has 13 heavy (non-hydrogen) atoms. The molecule has 0 saturated carbocycles. The van der Waals surface area contributed by atoms with Crippen molar-refractivity contribution in [3.05, 3.63) is 23.3 Å². The number of nitrogens with zero attached hydrogens (tertiary/aromatic N) is 4. The molecule has 2 aromatic rings. The number of aromatic carboxylic acids is 1. The summed E-state index contributed by atoms with van der Waals surface area (Å²) in [5, 5.41) is 21.4. The van der Waals surface area contributed by atoms with E-state index in [1.165, 1.54) is 28.4 Å². The Balaban J connectivity index is 2.52. The van der Waals surface area contributed by atoms with Gasteiger partial charge in [-0.2, -0.15) is 4.68 Å². The molecule has 0 aromatic carbocycles. The van der Waals surface area contributed by atoms with Gasteiger partial charge in [0.15, 0.2) is 0 Å². The molecule has 0 radical (unpaired) electrons. The molecule has 66 valence electrons. The summed E-state index contributed by atoms with van der Waals surface area (Å²) >= 11 is 1.28. The van der Waals surface area contributed by atoms with Gasteiger partial charge in [-0.1, -0.05) is 0 Å². The van der Waals surface area contributed by atoms with E-state index in [4.69, 9.17) is 5.11 Å². The number of carboxylic acids is 1. The summed E-state index contributed by atoms with van der Waals surface area (Å²) in [6.07, 6.45) is 1.36. The number of carboxylic acid groups (broad SMARTS) is 1. The average molecular weight is 196 g/mol. The van der Waals surface area contributed by atoms with Gasteiger partial charge in [0.2, 0.25) is 0 Å². The third kappa shape index (κ3) is 1.29. The van der Waals surface area contributed by atoms with Crippen molar-refractivity contribution >= 4 is 17.3 Å². The van der Waals surface area contributed by atoms with Gasteiger partial charge in [0, 0.05) is 0 Å². The maximum Gasteiger partial charge on any atom is 0.338 e. The standard InChI is InChI=1S/C6H4N4O2S/c11-6(12)4-1-2-13-5(4)10-3-7-8-9-10/h1-3H,(H,11,12). The fourth-order valence-corrected chi connectivity index (χ4v) is 1.70. The van der Waals surface area contributed by atoms with Crippen LogP contribution in [0.25, 0.3) is 5.00 Å². The molecule has 2 heterocycles. The van der Waals surface area contributed by atoms with Crippen molar-refractivity contribution in [3.63, 3.8) is 0 Å². The highest BCUT2D eigenvalue weighted by molar-refractivity contribution is 7.12. The summed E-state index contributed by atoms with van der Waals surface area (Å²) in [6.45, 7) is 0. The van der Waals surface area contributed by atoms with Gasteiger partial charge in [-0.3, -0.25) is 0 Å². The van der Waals surface area contributed by atoms with Crippen molar-refractivity contribution in [1.82, 2.24) is 20.2 Å². The summed E-state index contributed by atoms with van der Waals surface area (Å²) in [4.78, 5) is 10.7. The van der Waals surface area contributed by atoms with Gasteiger partial charge >= 0.3 is 5.97 Å². The van der Waals surface area contributed by atoms with Gasteiger partial charge in [0.1, 0.15) is 11.3 Å². The molecular weight excluding hydrogens is 192 g/mol. The molecule has 0 aliphatic rings. The van der Waals surface area contributed by atoms with Gasteiger partial charge < -0.3 is 5.11 Å². The van der Waals surface area contributed by atoms with E-state index in [9.17, 15) is 4.79 Å². The number of carbonyl (C=O) groups is 1. The number of hydrogen-bond donors (Lipinski definition) is 1. The summed E-state index contributed by atoms with van der Waals surface area (Å²) in [7, 11) is 0. The van der Waals surface area contributed by atoms with Crippen LogP contribution in [0.1, 0.15) is 10.4 Å². The predicted octanol–water partition coefficient (Wildman–Crippen LogP) is 0.422. The van der Waals surface area contributed by atoms with Crippen molar-refractivity contribution < 1.29 is 9.90 Å². The molecule has 0 aliphatic heterocycles. The van der Waals surface area contributed by atoms with E-state index in [1.807, 2.05) is 0 Å². The molecule has 6 nitrogen and oxygen atoms in total. The van der Waals surface area contributed by atoms with Crippen molar-refractivity contribution in [3.8, 4) is 5.00 Å². The Morgan fingerprint density at radius 2 is 2.46 bits per heavy atom. The molecule has 1 N–H and O–H groups in total. The quantitative estimate of drug-likeness (QED) is 0.752. The van der Waals surface area contributed by atoms with Crippen LogP contribution >= 0.6 is 11.3 Å². The molecule has 0 atom stereocenters. The zero-order valence-corrected chi connectivity index (χ0v) is 7.10. The lowest BCUT2D eigenvalue weighted by Crippen LogP contribution is -2.01. The molecule has 2 aromatic heterocycles. The minimum absolute atomic E-state index is 0.206. The number of hydrogen-bond acceptors (Lipinski definition) is 5. The van der Waals surface area contributed by atoms with Crippen LogP contribution in [0.15, 0.2) is 17.8 Å². The van der Waals surface area contributed by atoms with E-state index >= 15 is 0 Å². The van der Waals surface area contributed by atoms with Crippen LogP contribution in [0.4, 0.5) is 0 Å². The molecule has 0 unspecified atom stereocenters. The summed E-state index contributed by atoms with van der Waals surface area (Å²) in [5.74, 6) is -0.980. The lowest BCUT2D eigenvalue weighted by molar-refractivity contribution is 0.0697. The number of tetrazole rings is 1. The summed E-state index contributed by atoms with van der Waals surface area (Å²) in [5.41, 5.74) is 0.206. The van der Waals surface area contributed by atoms with Crippen LogP contribution < -0.4 is 0 Å². The minimum Gasteiger partial charge on any atom is -0.478 e. The maximum atomic E-state index is 10.7. The lowest BCUT2D eigenvalue weighted by Gasteiger charge is -1.95. The molecule has 2 rings (SSSR count). The number of thiophene rings is 1. The van der Waals surface area contributed by atoms with Crippen molar-refractivity contribution in [2.45, 2.75) is 0 Å². The highest BCUT2D eigenvalue weighted by Gasteiger charge is 2.13. The number of aromatic nitrogens is 4. The molecule has 0 amide bonds. The highest BCUT2D eigenvalue weighted by Crippen LogP contribution is 2.19. The van der Waals surface area contributed by atoms with E-state index in [-0.39, 0.29) is 5.56 Å². The van der Waals surface area contributed by atoms with Crippen LogP contribution in [-0.4, -0.2) is 31.3 Å². The van der Waals surface area contributed by atoms with Gasteiger partial charge in [-0.05, 0) is 21.9 Å². The highest BCUT2D eigenvalue weighted by atomic mass is 32.1. The Morgan fingerprint density at radius 1 is 1.62 bits per heavy atom. The van der Waals surface area contributed by atoms with Crippen LogP contribution in [0, 0.1) is 0 Å². The summed E-state index contributed by atoms with van der Waals surface area (Å²) in [6, 6.07) is 1.52. The molecule has 0 saturated heterocycles. The first-order valence-electron chi connectivity index (χ1n) is 3.33. The molecule has 0 spiro atoms. The Bertz CT molecular complexity index is 422. The van der Waals surface area contributed by atoms with Crippen LogP contribution in [0.2, 0.25) is 0 Å². The third-order valence-corrected chi connectivity index (χ3v) is 2.33. The smallest absolute Gasteiger partial charge is 0.338 e. The predicted molar refractivity (Wildman–Crippen MR) is 44.0 cm³/mol. The lowest BCUT2D eigenvalue weighted by atomic mass is 10.3. The van der Waals surface area contributed by atoms with Gasteiger partial charge in [0.25, 0.3) is 0 Å². The summed E-state index contributed by atoms with van der Waals surface area (Å²) < 4.78 is 1.33. The second-order valence-electron chi connectivity index (χ2n) is 2.20. The first kappa shape index (κ1) is 7.87. The fourth-order valence-electron chi connectivity index (χ4n) is 0.896. The monoisotopic (exact) mass is 196 g/mol. The molecular formula is C6H4N4O2S. The van der Waals surface area contributed by atoms with E-state index in [1.54, 1.807) is 5.38 Å². The molecule has 0 fully saturated rings. The normalized spacial score (nSPS) is 10.2. The largest absolute Gasteiger partial charge is 0.478 e. The SMILES string of the molecule is O=C(O)c1ccsc1-n1cnnn1. The van der Waals surface area contributed by atoms with Gasteiger partial charge in [-0.15, -0.1) is 16.4 Å². The van der Waals surface area contributed by atoms with E-state index < -0.39 is 5.97 Å². The van der Waals surface area contributed by atoms with E-state index in [0.29, 0.717) is 5.00 Å². The Kier molecular flexibility index (Phi) is 1.78. The topological polar surface area (TPSA) is 80.9 Å². The second-order valence-corrected chi connectivity index (χ2v) is 3.09. The Morgan fingerprint density at radius 3 is 3.08 bits per heavy atom. The number of rotatable bonds is 2. The first-order chi connectivity index (χ1) is 6.29. The zero-order chi connectivity index (χ0) is 9.26. The third-order valence-electron chi connectivity index (χ3n) is 1.43. The molecule has 7 heteroatoms. The zero-order valence-electron chi connectivity index (χ0n) is 6.28. The first-order valence-corrected chi connectivity index (χ1v) is 4.21. The van der Waals surface area contributed by atoms with Crippen LogP contribution in [0.3, 0.4) is 0 Å². The van der Waals surface area contributed by atoms with E-state index in [2.05, 4.69) is 15.5 Å². The van der Waals surface area contributed by atoms with Crippen molar-refractivity contribution in [2.75, 3.05) is 0 Å². The Hall–Kier alpha value is -1.76. The average Bonchev–Trinajstić information content (AvgIpc) is 2.74. The van der Waals surface area contributed by atoms with Crippen molar-refractivity contribution in [2.24, 2.45) is 0 Å². The van der Waals surface area contributed by atoms with Crippen LogP contribution in [0.5, 0.6) is 0 Å². The second kappa shape index (κ2) is 2.94. The molecule has 0 bridgehead atoms. The fraction of sp³-hybridized carbons (Fsp3) is 0.